The Morgan fingerprint density at radius 2 is 0.703 bits per heavy atom. The van der Waals surface area contributed by atoms with Gasteiger partial charge in [-0.15, -0.1) is 45.3 Å². The zero-order valence-corrected chi connectivity index (χ0v) is 95.0. The smallest absolute Gasteiger partial charge is 0.225 e. The van der Waals surface area contributed by atoms with Gasteiger partial charge >= 0.3 is 0 Å². The summed E-state index contributed by atoms with van der Waals surface area (Å²) in [6, 6.07) is 63.2. The Balaban J connectivity index is 0.000000142. The number of rotatable bonds is 0. The first-order valence-electron chi connectivity index (χ1n) is 49.6. The summed E-state index contributed by atoms with van der Waals surface area (Å²) < 4.78 is 26.9. The first-order valence-corrected chi connectivity index (χ1v) is 53.1. The third kappa shape index (κ3) is 30.7. The molecule has 0 bridgehead atoms. The lowest BCUT2D eigenvalue weighted by Crippen LogP contribution is -2.15. The minimum absolute atomic E-state index is 0.133. The van der Waals surface area contributed by atoms with Gasteiger partial charge in [0.2, 0.25) is 5.71 Å². The summed E-state index contributed by atoms with van der Waals surface area (Å²) in [7, 11) is 2.10. The molecule has 0 fully saturated rings. The number of nitrogens with one attached hydrogen (secondary N) is 1. The van der Waals surface area contributed by atoms with Crippen LogP contribution in [-0.4, -0.2) is 64.4 Å². The number of aryl methyl sites for hydroxylation is 1. The Hall–Kier alpha value is -12.8. The van der Waals surface area contributed by atoms with Gasteiger partial charge in [0.25, 0.3) is 0 Å². The van der Waals surface area contributed by atoms with Gasteiger partial charge in [-0.25, -0.2) is 34.9 Å². The SMILES string of the molecule is CC(C)(C)c1ccc2nc[nH]c2c1.CC(C)(C)c1ccc2ncoc2c1.CC(C)(C)c1ccc2ncsc2c1.CC(C)(C)c1ccc2ocnc2c1.CC(C)(C)c1ccc2scnc2c1.CC(C)(C)c1cnc2ccccc2c1.CC(C)(C)c1cnc2ccoc2c1.CC(C)(C)c1cnc2ccsc2c1.CC(C)(C)c1cnc2occc2c1.CC(C)(C)c1cnc2sccc2c1.Cn1c(C(C)(C)C)cc2ccncc21. The highest BCUT2D eigenvalue weighted by molar-refractivity contribution is 7.17. The molecule has 0 aliphatic heterocycles. The molecule has 6 aromatic carbocycles. The number of nitrogens with zero attached hydrogens (tertiary/aromatic N) is 12. The van der Waals surface area contributed by atoms with Crippen molar-refractivity contribution in [3.05, 3.63) is 340 Å². The highest BCUT2D eigenvalue weighted by Gasteiger charge is 2.25. The van der Waals surface area contributed by atoms with Crippen LogP contribution in [-0.2, 0) is 66.6 Å². The fourth-order valence-corrected chi connectivity index (χ4v) is 18.0. The lowest BCUT2D eigenvalue weighted by atomic mass is 9.87. The van der Waals surface area contributed by atoms with E-state index >= 15 is 0 Å². The number of fused-ring (bicyclic) bond motifs is 11. The zero-order chi connectivity index (χ0) is 106. The van der Waals surface area contributed by atoms with Gasteiger partial charge in [-0.3, -0.25) is 19.9 Å². The van der Waals surface area contributed by atoms with E-state index in [2.05, 4.69) is 456 Å². The molecule has 0 amide bonds. The standard InChI is InChI=1S/C13H15N.C12H16N2.C11H14N2.4C11H13NO.4C11H13NS/c1-13(2,3)11-8-10-6-4-5-7-12(10)14-9-11;1-12(2,3)11-7-9-5-6-13-8-10(9)14(11)4;1-11(2,3)8-4-5-9-10(6-8)13-7-12-9;1-11(2,3)8-6-10-9(12-7-8)4-5-13-10;1-11(2,3)8-4-5-10-9(6-8)12-7-13-10;1-11(2,3)9-6-8-4-5-13-10(8)12-7-9;1-11(2,3)8-4-5-9-10(6-8)13-7-12-9;1-11(2,3)8-6-10-9(12-7-8)4-5-13-10;1-11(2,3)8-4-5-10-9(6-8)12-7-13-10;1-11(2,3)9-6-8-4-5-13-10(8)12-7-9;1-11(2,3)8-4-5-9-10(6-8)13-7-12-9/h4-9H,1-3H3;5-8H,1-4H3;4-7H,1-3H3,(H,12,13);8*4-7H,1-3H3. The summed E-state index contributed by atoms with van der Waals surface area (Å²) in [6.07, 6.45) is 21.5. The number of thiophene rings is 2. The van der Waals surface area contributed by atoms with Crippen LogP contribution in [0, 0.1) is 0 Å². The van der Waals surface area contributed by atoms with Gasteiger partial charge < -0.3 is 27.2 Å². The second-order valence-corrected chi connectivity index (χ2v) is 51.7. The number of aromatic nitrogens is 13. The summed E-state index contributed by atoms with van der Waals surface area (Å²) in [5.41, 5.74) is 34.0. The van der Waals surface area contributed by atoms with E-state index in [0.717, 1.165) is 76.6 Å². The minimum Gasteiger partial charge on any atom is -0.463 e. The fourth-order valence-electron chi connectivity index (χ4n) is 15.1. The van der Waals surface area contributed by atoms with Gasteiger partial charge in [-0.05, 0) is 248 Å². The maximum Gasteiger partial charge on any atom is 0.225 e. The van der Waals surface area contributed by atoms with E-state index in [1.165, 1.54) is 110 Å². The Kier molecular flexibility index (Phi) is 34.8. The van der Waals surface area contributed by atoms with E-state index in [9.17, 15) is 0 Å². The number of aromatic amines is 1. The molecule has 145 heavy (non-hydrogen) atoms. The van der Waals surface area contributed by atoms with Crippen molar-refractivity contribution in [1.29, 1.82) is 0 Å². The van der Waals surface area contributed by atoms with Crippen LogP contribution in [0.1, 0.15) is 290 Å². The summed E-state index contributed by atoms with van der Waals surface area (Å²) >= 11 is 6.85. The first-order chi connectivity index (χ1) is 67.7. The van der Waals surface area contributed by atoms with Crippen molar-refractivity contribution >= 4 is 163 Å². The molecule has 0 atom stereocenters. The Morgan fingerprint density at radius 3 is 1.32 bits per heavy atom. The molecular weight excluding hydrogens is 1860 g/mol. The van der Waals surface area contributed by atoms with E-state index in [-0.39, 0.29) is 59.6 Å². The van der Waals surface area contributed by atoms with Crippen molar-refractivity contribution in [2.24, 2.45) is 7.05 Å². The molecular formula is C124H149N13O4S4. The maximum absolute atomic E-state index is 5.29. The monoisotopic (exact) mass is 2010 g/mol. The summed E-state index contributed by atoms with van der Waals surface area (Å²) in [5.74, 6) is 0. The zero-order valence-electron chi connectivity index (χ0n) is 91.7. The van der Waals surface area contributed by atoms with Crippen LogP contribution in [0.5, 0.6) is 0 Å². The predicted octanol–water partition coefficient (Wildman–Crippen LogP) is 36.1. The molecule has 0 saturated heterocycles. The lowest BCUT2D eigenvalue weighted by Gasteiger charge is -2.19. The normalized spacial score (nSPS) is 12.2. The number of furan rings is 2. The highest BCUT2D eigenvalue weighted by atomic mass is 32.1. The molecule has 16 heterocycles. The molecule has 0 spiro atoms. The fraction of sp³-hybridized carbons (Fsp3) is 0.363. The molecule has 22 aromatic rings. The highest BCUT2D eigenvalue weighted by Crippen LogP contribution is 2.37. The third-order valence-corrected chi connectivity index (χ3v) is 28.1. The van der Waals surface area contributed by atoms with Crippen molar-refractivity contribution in [1.82, 2.24) is 64.4 Å². The van der Waals surface area contributed by atoms with Crippen molar-refractivity contribution in [3.63, 3.8) is 0 Å². The first kappa shape index (κ1) is 111. The average molecular weight is 2010 g/mol. The van der Waals surface area contributed by atoms with E-state index < -0.39 is 0 Å². The van der Waals surface area contributed by atoms with Crippen LogP contribution in [0.3, 0.4) is 0 Å². The maximum atomic E-state index is 5.29. The summed E-state index contributed by atoms with van der Waals surface area (Å²) in [5, 5.41) is 9.01. The third-order valence-electron chi connectivity index (χ3n) is 24.8. The van der Waals surface area contributed by atoms with E-state index in [0.29, 0.717) is 5.71 Å². The van der Waals surface area contributed by atoms with Gasteiger partial charge in [-0.2, -0.15) is 0 Å². The minimum atomic E-state index is 0.133. The van der Waals surface area contributed by atoms with Crippen LogP contribution in [0.4, 0.5) is 0 Å². The molecule has 22 rings (SSSR count). The van der Waals surface area contributed by atoms with Crippen LogP contribution in [0.25, 0.3) is 118 Å². The summed E-state index contributed by atoms with van der Waals surface area (Å²) in [4.78, 5) is 51.2. The lowest BCUT2D eigenvalue weighted by molar-refractivity contribution is 0.547. The molecule has 17 nitrogen and oxygen atoms in total. The number of hydrogen-bond donors (Lipinski definition) is 1. The number of oxazole rings is 2. The van der Waals surface area contributed by atoms with Crippen LogP contribution in [0.2, 0.25) is 0 Å². The number of benzene rings is 6. The quantitative estimate of drug-likeness (QED) is 0.149. The van der Waals surface area contributed by atoms with Crippen molar-refractivity contribution in [2.75, 3.05) is 0 Å². The Bertz CT molecular complexity index is 6770. The van der Waals surface area contributed by atoms with Gasteiger partial charge in [0.15, 0.2) is 29.5 Å². The molecule has 21 heteroatoms. The Morgan fingerprint density at radius 1 is 0.262 bits per heavy atom. The second kappa shape index (κ2) is 45.5. The van der Waals surface area contributed by atoms with E-state index in [1.54, 1.807) is 64.2 Å². The van der Waals surface area contributed by atoms with Gasteiger partial charge in [0.05, 0.1) is 88.8 Å². The van der Waals surface area contributed by atoms with Crippen molar-refractivity contribution < 1.29 is 17.7 Å². The molecule has 0 unspecified atom stereocenters. The molecule has 1 N–H and O–H groups in total. The number of thiazole rings is 2. The molecule has 0 aliphatic rings. The molecule has 16 aromatic heterocycles. The predicted molar refractivity (Wildman–Crippen MR) is 619 cm³/mol. The Labute approximate surface area is 874 Å². The van der Waals surface area contributed by atoms with E-state index in [1.807, 2.05) is 90.8 Å². The van der Waals surface area contributed by atoms with Crippen LogP contribution in [0.15, 0.2) is 296 Å². The van der Waals surface area contributed by atoms with Gasteiger partial charge in [-0.1, -0.05) is 277 Å². The van der Waals surface area contributed by atoms with Gasteiger partial charge in [0.1, 0.15) is 21.4 Å². The molecule has 0 radical (unpaired) electrons. The largest absolute Gasteiger partial charge is 0.463 e. The number of hydrogen-bond acceptors (Lipinski definition) is 19. The van der Waals surface area contributed by atoms with Gasteiger partial charge in [0, 0.05) is 82.9 Å². The number of imidazole rings is 1. The number of para-hydroxylation sites is 1. The van der Waals surface area contributed by atoms with Crippen LogP contribution < -0.4 is 0 Å². The van der Waals surface area contributed by atoms with Crippen molar-refractivity contribution in [3.8, 4) is 0 Å². The molecule has 758 valence electrons. The molecule has 0 aliphatic carbocycles. The molecule has 0 saturated carbocycles. The second-order valence-electron chi connectivity index (χ2n) is 48.1. The topological polar surface area (TPSA) is 215 Å². The average Bonchev–Trinajstić information content (AvgIpc) is 1.63. The summed E-state index contributed by atoms with van der Waals surface area (Å²) in [6.45, 7) is 72.7. The number of pyridine rings is 6. The van der Waals surface area contributed by atoms with Crippen molar-refractivity contribution in [2.45, 2.75) is 288 Å². The number of H-pyrrole nitrogens is 1. The van der Waals surface area contributed by atoms with E-state index in [4.69, 9.17) is 17.7 Å². The van der Waals surface area contributed by atoms with Crippen LogP contribution >= 0.6 is 45.3 Å².